The highest BCUT2D eigenvalue weighted by Crippen LogP contribution is 2.11. The first kappa shape index (κ1) is 13.5. The third-order valence-corrected chi connectivity index (χ3v) is 4.23. The van der Waals surface area contributed by atoms with Crippen LogP contribution in [0.5, 0.6) is 0 Å². The van der Waals surface area contributed by atoms with Crippen LogP contribution in [0.15, 0.2) is 17.8 Å². The second kappa shape index (κ2) is 5.90. The van der Waals surface area contributed by atoms with Gasteiger partial charge in [0.1, 0.15) is 0 Å². The van der Waals surface area contributed by atoms with Crippen LogP contribution < -0.4 is 5.32 Å². The minimum Gasteiger partial charge on any atom is -0.392 e. The summed E-state index contributed by atoms with van der Waals surface area (Å²) in [4.78, 5) is 19.2. The number of piperidine rings is 1. The highest BCUT2D eigenvalue weighted by molar-refractivity contribution is 7.15. The van der Waals surface area contributed by atoms with E-state index in [0.717, 1.165) is 30.0 Å². The lowest BCUT2D eigenvalue weighted by atomic mass is 10.1. The Morgan fingerprint density at radius 1 is 1.60 bits per heavy atom. The van der Waals surface area contributed by atoms with Crippen LogP contribution in [0.1, 0.15) is 18.5 Å². The first-order chi connectivity index (χ1) is 9.70. The normalized spacial score (nSPS) is 20.4. The number of aliphatic hydroxyl groups is 1. The van der Waals surface area contributed by atoms with Gasteiger partial charge in [-0.15, -0.1) is 11.3 Å². The van der Waals surface area contributed by atoms with Crippen LogP contribution >= 0.6 is 11.3 Å². The number of aliphatic hydroxyl groups excluding tert-OH is 1. The number of hydrogen-bond donors (Lipinski definition) is 2. The number of hydrogen-bond acceptors (Lipinski definition) is 5. The van der Waals surface area contributed by atoms with Crippen LogP contribution in [-0.4, -0.2) is 51.0 Å². The molecule has 3 rings (SSSR count). The molecule has 1 aliphatic heterocycles. The average molecular weight is 294 g/mol. The maximum Gasteiger partial charge on any atom is 0.234 e. The third kappa shape index (κ3) is 3.17. The number of carbonyl (C=O) groups excluding carboxylic acids is 1. The van der Waals surface area contributed by atoms with Crippen LogP contribution in [0.25, 0.3) is 4.96 Å². The van der Waals surface area contributed by atoms with E-state index in [4.69, 9.17) is 0 Å². The Bertz CT molecular complexity index is 565. The van der Waals surface area contributed by atoms with Crippen LogP contribution in [0, 0.1) is 0 Å². The van der Waals surface area contributed by atoms with E-state index in [0.29, 0.717) is 19.6 Å². The molecule has 20 heavy (non-hydrogen) atoms. The van der Waals surface area contributed by atoms with Crippen LogP contribution in [0.4, 0.5) is 0 Å². The summed E-state index contributed by atoms with van der Waals surface area (Å²) in [6.45, 7) is 2.27. The molecule has 2 aromatic rings. The van der Waals surface area contributed by atoms with Gasteiger partial charge in [-0.25, -0.2) is 4.98 Å². The Labute approximate surface area is 121 Å². The number of rotatable bonds is 4. The van der Waals surface area contributed by atoms with E-state index in [2.05, 4.69) is 10.3 Å². The molecular weight excluding hydrogens is 276 g/mol. The summed E-state index contributed by atoms with van der Waals surface area (Å²) in [5, 5.41) is 14.4. The van der Waals surface area contributed by atoms with Gasteiger partial charge in [-0.1, -0.05) is 0 Å². The number of aromatic nitrogens is 2. The number of imidazole rings is 1. The van der Waals surface area contributed by atoms with Gasteiger partial charge < -0.3 is 10.4 Å². The Balaban J connectivity index is 1.48. The van der Waals surface area contributed by atoms with E-state index in [1.807, 2.05) is 27.1 Å². The van der Waals surface area contributed by atoms with E-state index < -0.39 is 0 Å². The highest BCUT2D eigenvalue weighted by atomic mass is 32.1. The number of nitrogens with one attached hydrogen (secondary N) is 1. The van der Waals surface area contributed by atoms with Crippen molar-refractivity contribution in [3.05, 3.63) is 23.5 Å². The van der Waals surface area contributed by atoms with Gasteiger partial charge in [0.25, 0.3) is 0 Å². The fourth-order valence-electron chi connectivity index (χ4n) is 2.48. The van der Waals surface area contributed by atoms with Gasteiger partial charge in [-0.2, -0.15) is 0 Å². The van der Waals surface area contributed by atoms with E-state index in [1.165, 1.54) is 0 Å². The third-order valence-electron chi connectivity index (χ3n) is 3.46. The van der Waals surface area contributed by atoms with Gasteiger partial charge in [-0.05, 0) is 19.4 Å². The zero-order valence-corrected chi connectivity index (χ0v) is 12.0. The summed E-state index contributed by atoms with van der Waals surface area (Å²) in [7, 11) is 0. The lowest BCUT2D eigenvalue weighted by molar-refractivity contribution is -0.123. The summed E-state index contributed by atoms with van der Waals surface area (Å²) in [6, 6.07) is 0. The van der Waals surface area contributed by atoms with Crippen molar-refractivity contribution in [2.75, 3.05) is 19.6 Å². The van der Waals surface area contributed by atoms with Crippen molar-refractivity contribution < 1.29 is 9.90 Å². The molecule has 108 valence electrons. The number of fused-ring (bicyclic) bond motifs is 1. The quantitative estimate of drug-likeness (QED) is 0.860. The van der Waals surface area contributed by atoms with Crippen LogP contribution in [-0.2, 0) is 11.3 Å². The van der Waals surface area contributed by atoms with E-state index in [1.54, 1.807) is 11.3 Å². The highest BCUT2D eigenvalue weighted by Gasteiger charge is 2.19. The fraction of sp³-hybridized carbons (Fsp3) is 0.538. The molecule has 0 radical (unpaired) electrons. The maximum absolute atomic E-state index is 11.9. The number of nitrogens with zero attached hydrogens (tertiary/aromatic N) is 3. The molecule has 7 heteroatoms. The smallest absolute Gasteiger partial charge is 0.234 e. The molecule has 1 aliphatic rings. The number of β-amino-alcohol motifs (C(OH)–C–C–N with tert-alkyl or cyclic N) is 1. The Morgan fingerprint density at radius 2 is 2.50 bits per heavy atom. The maximum atomic E-state index is 11.9. The lowest BCUT2D eigenvalue weighted by Crippen LogP contribution is -2.44. The van der Waals surface area contributed by atoms with Crippen molar-refractivity contribution in [2.45, 2.75) is 25.5 Å². The van der Waals surface area contributed by atoms with Gasteiger partial charge in [-0.3, -0.25) is 14.1 Å². The number of amides is 1. The molecule has 1 saturated heterocycles. The summed E-state index contributed by atoms with van der Waals surface area (Å²) < 4.78 is 1.95. The monoisotopic (exact) mass is 294 g/mol. The molecule has 2 aromatic heterocycles. The molecule has 0 aliphatic carbocycles. The van der Waals surface area contributed by atoms with E-state index in [9.17, 15) is 9.90 Å². The molecular formula is C13H18N4O2S. The first-order valence-corrected chi connectivity index (χ1v) is 7.67. The minimum absolute atomic E-state index is 0.0181. The van der Waals surface area contributed by atoms with Crippen LogP contribution in [0.3, 0.4) is 0 Å². The van der Waals surface area contributed by atoms with Crippen molar-refractivity contribution >= 4 is 22.2 Å². The molecule has 6 nitrogen and oxygen atoms in total. The molecule has 0 aromatic carbocycles. The second-order valence-corrected chi connectivity index (χ2v) is 6.01. The summed E-state index contributed by atoms with van der Waals surface area (Å²) in [5.74, 6) is -0.0181. The van der Waals surface area contributed by atoms with Gasteiger partial charge in [0.2, 0.25) is 5.91 Å². The summed E-state index contributed by atoms with van der Waals surface area (Å²) >= 11 is 1.57. The minimum atomic E-state index is -0.295. The van der Waals surface area contributed by atoms with Gasteiger partial charge in [0.05, 0.1) is 24.9 Å². The molecule has 0 saturated carbocycles. The summed E-state index contributed by atoms with van der Waals surface area (Å²) in [6.07, 6.45) is 5.37. The Morgan fingerprint density at radius 3 is 3.30 bits per heavy atom. The number of likely N-dealkylation sites (tertiary alicyclic amines) is 1. The zero-order valence-electron chi connectivity index (χ0n) is 11.2. The molecule has 3 heterocycles. The molecule has 1 amide bonds. The topological polar surface area (TPSA) is 69.9 Å². The molecule has 0 spiro atoms. The van der Waals surface area contributed by atoms with Gasteiger partial charge in [0, 0.05) is 24.3 Å². The zero-order chi connectivity index (χ0) is 13.9. The number of carbonyl (C=O) groups is 1. The standard InChI is InChI=1S/C13H18N4O2S/c18-11-2-1-3-16(8-11)9-12(19)14-6-10-7-17-4-5-20-13(17)15-10/h4-5,7,11,18H,1-3,6,8-9H2,(H,14,19)/t11-/m0/s1. The van der Waals surface area contributed by atoms with Crippen molar-refractivity contribution in [2.24, 2.45) is 0 Å². The van der Waals surface area contributed by atoms with Crippen LogP contribution in [0.2, 0.25) is 0 Å². The van der Waals surface area contributed by atoms with Gasteiger partial charge in [0.15, 0.2) is 4.96 Å². The Hall–Kier alpha value is -1.44. The van der Waals surface area contributed by atoms with Crippen molar-refractivity contribution in [1.82, 2.24) is 19.6 Å². The largest absolute Gasteiger partial charge is 0.392 e. The van der Waals surface area contributed by atoms with E-state index >= 15 is 0 Å². The molecule has 0 unspecified atom stereocenters. The lowest BCUT2D eigenvalue weighted by Gasteiger charge is -2.29. The fourth-order valence-corrected chi connectivity index (χ4v) is 3.20. The van der Waals surface area contributed by atoms with E-state index in [-0.39, 0.29) is 12.0 Å². The van der Waals surface area contributed by atoms with Crippen molar-refractivity contribution in [3.63, 3.8) is 0 Å². The molecule has 1 atom stereocenters. The van der Waals surface area contributed by atoms with Crippen molar-refractivity contribution in [1.29, 1.82) is 0 Å². The molecule has 0 bridgehead atoms. The predicted molar refractivity (Wildman–Crippen MR) is 76.6 cm³/mol. The predicted octanol–water partition coefficient (Wildman–Crippen LogP) is 0.469. The van der Waals surface area contributed by atoms with Crippen molar-refractivity contribution in [3.8, 4) is 0 Å². The second-order valence-electron chi connectivity index (χ2n) is 5.13. The SMILES string of the molecule is O=C(CN1CCC[C@H](O)C1)NCc1cn2ccsc2n1. The first-order valence-electron chi connectivity index (χ1n) is 6.79. The molecule has 1 fully saturated rings. The molecule has 2 N–H and O–H groups in total. The number of thiazole rings is 1. The summed E-state index contributed by atoms with van der Waals surface area (Å²) in [5.41, 5.74) is 0.865. The average Bonchev–Trinajstić information content (AvgIpc) is 2.97. The Kier molecular flexibility index (Phi) is 4.00. The van der Waals surface area contributed by atoms with Gasteiger partial charge >= 0.3 is 0 Å².